The molecule has 0 amide bonds. The zero-order valence-electron chi connectivity index (χ0n) is 31.3. The lowest BCUT2D eigenvalue weighted by Gasteiger charge is -2.32. The Bertz CT molecular complexity index is 1860. The maximum Gasteiger partial charge on any atom is 0.460 e. The molecular formula is C40H41F9O9. The van der Waals surface area contributed by atoms with Gasteiger partial charge in [-0.15, -0.1) is 0 Å². The van der Waals surface area contributed by atoms with Crippen molar-refractivity contribution in [1.82, 2.24) is 0 Å². The fourth-order valence-corrected chi connectivity index (χ4v) is 5.41. The molecule has 0 fully saturated rings. The quantitative estimate of drug-likeness (QED) is 0.0456. The maximum atomic E-state index is 13.6. The van der Waals surface area contributed by atoms with E-state index in [-0.39, 0.29) is 77.7 Å². The van der Waals surface area contributed by atoms with Crippen LogP contribution in [0.5, 0.6) is 11.5 Å². The Hall–Kier alpha value is -5.29. The molecule has 0 saturated carbocycles. The van der Waals surface area contributed by atoms with Crippen LogP contribution in [0.15, 0.2) is 66.7 Å². The largest absolute Gasteiger partial charge is 0.494 e. The lowest BCUT2D eigenvalue weighted by Crippen LogP contribution is -2.63. The smallest absolute Gasteiger partial charge is 0.460 e. The second kappa shape index (κ2) is 20.4. The van der Waals surface area contributed by atoms with Crippen molar-refractivity contribution in [2.75, 3.05) is 13.2 Å². The van der Waals surface area contributed by atoms with Crippen molar-refractivity contribution >= 4 is 23.9 Å². The van der Waals surface area contributed by atoms with Gasteiger partial charge in [-0.1, -0.05) is 44.4 Å². The van der Waals surface area contributed by atoms with Gasteiger partial charge in [-0.3, -0.25) is 0 Å². The van der Waals surface area contributed by atoms with Gasteiger partial charge in [-0.05, 0) is 99.5 Å². The summed E-state index contributed by atoms with van der Waals surface area (Å²) in [6.07, 6.45) is -2.12. The van der Waals surface area contributed by atoms with Gasteiger partial charge in [0.15, 0.2) is 0 Å². The summed E-state index contributed by atoms with van der Waals surface area (Å²) in [6.45, 7) is 2.92. The number of esters is 3. The molecule has 9 nitrogen and oxygen atoms in total. The van der Waals surface area contributed by atoms with Gasteiger partial charge in [0.25, 0.3) is 0 Å². The van der Waals surface area contributed by atoms with Gasteiger partial charge in [-0.25, -0.2) is 19.2 Å². The zero-order chi connectivity index (χ0) is 43.3. The van der Waals surface area contributed by atoms with Gasteiger partial charge < -0.3 is 24.1 Å². The molecule has 3 aromatic carbocycles. The molecule has 0 aliphatic heterocycles. The lowest BCUT2D eigenvalue weighted by molar-refractivity contribution is -0.390. The van der Waals surface area contributed by atoms with Gasteiger partial charge >= 0.3 is 47.8 Å². The van der Waals surface area contributed by atoms with E-state index in [1.165, 1.54) is 60.7 Å². The van der Waals surface area contributed by atoms with Gasteiger partial charge in [0.05, 0.1) is 36.0 Å². The molecule has 18 heteroatoms. The number of hydrogen-bond acceptors (Lipinski definition) is 8. The topological polar surface area (TPSA) is 125 Å². The Kier molecular flexibility index (Phi) is 16.6. The highest BCUT2D eigenvalue weighted by Gasteiger charge is 2.84. The highest BCUT2D eigenvalue weighted by Crippen LogP contribution is 2.53. The Morgan fingerprint density at radius 2 is 1.26 bits per heavy atom. The summed E-state index contributed by atoms with van der Waals surface area (Å²) in [6, 6.07) is 15.7. The minimum Gasteiger partial charge on any atom is -0.494 e. The Morgan fingerprint density at radius 3 is 1.88 bits per heavy atom. The predicted molar refractivity (Wildman–Crippen MR) is 190 cm³/mol. The van der Waals surface area contributed by atoms with Crippen LogP contribution in [0.3, 0.4) is 0 Å². The van der Waals surface area contributed by atoms with Crippen molar-refractivity contribution in [3.8, 4) is 22.6 Å². The van der Waals surface area contributed by atoms with Crippen LogP contribution >= 0.6 is 0 Å². The van der Waals surface area contributed by atoms with E-state index in [1.54, 1.807) is 6.07 Å². The summed E-state index contributed by atoms with van der Waals surface area (Å²) in [5.41, 5.74) is 0.334. The van der Waals surface area contributed by atoms with E-state index >= 15 is 0 Å². The molecule has 0 aromatic heterocycles. The second-order valence-electron chi connectivity index (χ2n) is 13.2. The number of unbranched alkanes of at least 4 members (excludes halogenated alkanes) is 6. The summed E-state index contributed by atoms with van der Waals surface area (Å²) in [5, 5.41) is 9.83. The molecule has 1 atom stereocenters. The zero-order valence-corrected chi connectivity index (χ0v) is 31.3. The molecule has 3 aromatic rings. The van der Waals surface area contributed by atoms with Gasteiger partial charge in [-0.2, -0.15) is 39.5 Å². The first-order valence-corrected chi connectivity index (χ1v) is 18.2. The molecule has 0 aliphatic rings. The van der Waals surface area contributed by atoms with Crippen LogP contribution in [0.2, 0.25) is 0 Å². The molecule has 58 heavy (non-hydrogen) atoms. The highest BCUT2D eigenvalue weighted by atomic mass is 19.4. The Balaban J connectivity index is 1.61. The first kappa shape index (κ1) is 47.1. The monoisotopic (exact) mass is 836 g/mol. The summed E-state index contributed by atoms with van der Waals surface area (Å²) in [5.74, 6) is -26.5. The number of benzene rings is 3. The van der Waals surface area contributed by atoms with Gasteiger partial charge in [0, 0.05) is 5.56 Å². The molecule has 0 unspecified atom stereocenters. The van der Waals surface area contributed by atoms with E-state index in [2.05, 4.69) is 11.7 Å². The first-order chi connectivity index (χ1) is 27.2. The molecule has 0 aliphatic carbocycles. The van der Waals surface area contributed by atoms with Crippen molar-refractivity contribution < 1.29 is 82.7 Å². The van der Waals surface area contributed by atoms with E-state index < -0.39 is 54.4 Å². The molecule has 318 valence electrons. The van der Waals surface area contributed by atoms with Crippen LogP contribution in [0, 0.1) is 0 Å². The minimum atomic E-state index is -7.22. The molecular weight excluding hydrogens is 795 g/mol. The van der Waals surface area contributed by atoms with Crippen molar-refractivity contribution in [2.45, 2.75) is 102 Å². The highest BCUT2D eigenvalue weighted by molar-refractivity contribution is 6.03. The number of rotatable bonds is 22. The number of aromatic carboxylic acids is 1. The molecule has 1 N–H and O–H groups in total. The van der Waals surface area contributed by atoms with E-state index in [0.717, 1.165) is 32.1 Å². The van der Waals surface area contributed by atoms with Crippen LogP contribution < -0.4 is 9.47 Å². The number of hydrogen-bond donors (Lipinski definition) is 1. The molecule has 0 bridgehead atoms. The summed E-state index contributed by atoms with van der Waals surface area (Å²) in [7, 11) is 0. The van der Waals surface area contributed by atoms with E-state index in [9.17, 15) is 63.8 Å². The minimum absolute atomic E-state index is 0.00711. The number of carboxylic acids is 1. The average molecular weight is 837 g/mol. The van der Waals surface area contributed by atoms with Crippen LogP contribution in [0.1, 0.15) is 103 Å². The third kappa shape index (κ3) is 11.9. The third-order valence-electron chi connectivity index (χ3n) is 8.67. The second-order valence-corrected chi connectivity index (χ2v) is 13.2. The Labute approximate surface area is 327 Å². The van der Waals surface area contributed by atoms with Crippen LogP contribution in [0.25, 0.3) is 11.1 Å². The summed E-state index contributed by atoms with van der Waals surface area (Å²) < 4.78 is 138. The molecule has 3 rings (SSSR count). The molecule has 0 heterocycles. The van der Waals surface area contributed by atoms with E-state index in [1.807, 2.05) is 6.92 Å². The molecule has 0 saturated heterocycles. The average Bonchev–Trinajstić information content (AvgIpc) is 3.16. The standard InChI is InChI=1S/C40H41F9O9/c1-3-4-5-8-13-25(2)57-34(52)26-16-18-27(19-17-26)58-35(53)31-21-20-28(24-32(31)29-14-9-10-15-30(29)33(50)51)55-22-11-6-7-12-23-56-36(54)37(41,42)38(43,44)39(45,46)40(47,48)49/h9-10,14-21,24-25H,3-8,11-13,22-23H2,1-2H3,(H,50,51)/t25-/m0/s1. The number of halogens is 9. The van der Waals surface area contributed by atoms with Crippen LogP contribution in [-0.2, 0) is 14.3 Å². The van der Waals surface area contributed by atoms with E-state index in [0.29, 0.717) is 0 Å². The number of carbonyl (C=O) groups is 4. The molecule has 0 radical (unpaired) electrons. The van der Waals surface area contributed by atoms with Crippen molar-refractivity contribution in [1.29, 1.82) is 0 Å². The number of carbonyl (C=O) groups excluding carboxylic acids is 3. The van der Waals surface area contributed by atoms with E-state index in [4.69, 9.17) is 14.2 Å². The van der Waals surface area contributed by atoms with Crippen molar-refractivity contribution in [3.05, 3.63) is 83.4 Å². The Morgan fingerprint density at radius 1 is 0.655 bits per heavy atom. The number of ether oxygens (including phenoxy) is 4. The molecule has 0 spiro atoms. The lowest BCUT2D eigenvalue weighted by atomic mass is 9.95. The SMILES string of the molecule is CCCCCC[C@H](C)OC(=O)c1ccc(OC(=O)c2ccc(OCCCCCCOC(=O)C(F)(F)C(F)(F)C(F)(F)C(F)(F)F)cc2-c2ccccc2C(=O)O)cc1. The first-order valence-electron chi connectivity index (χ1n) is 18.2. The summed E-state index contributed by atoms with van der Waals surface area (Å²) in [4.78, 5) is 49.5. The van der Waals surface area contributed by atoms with Gasteiger partial charge in [0.2, 0.25) is 0 Å². The van der Waals surface area contributed by atoms with Crippen LogP contribution in [0.4, 0.5) is 39.5 Å². The van der Waals surface area contributed by atoms with Crippen LogP contribution in [-0.4, -0.2) is 72.2 Å². The fourth-order valence-electron chi connectivity index (χ4n) is 5.41. The predicted octanol–water partition coefficient (Wildman–Crippen LogP) is 10.7. The third-order valence-corrected chi connectivity index (χ3v) is 8.67. The maximum absolute atomic E-state index is 13.6. The van der Waals surface area contributed by atoms with Crippen molar-refractivity contribution in [3.63, 3.8) is 0 Å². The van der Waals surface area contributed by atoms with Gasteiger partial charge in [0.1, 0.15) is 11.5 Å². The fraction of sp³-hybridized carbons (Fsp3) is 0.450. The number of carboxylic acid groups (broad SMARTS) is 1. The normalized spacial score (nSPS) is 12.7. The summed E-state index contributed by atoms with van der Waals surface area (Å²) >= 11 is 0. The van der Waals surface area contributed by atoms with Crippen molar-refractivity contribution in [2.24, 2.45) is 0 Å². The number of alkyl halides is 9.